The van der Waals surface area contributed by atoms with Gasteiger partial charge in [0.1, 0.15) is 5.82 Å². The quantitative estimate of drug-likeness (QED) is 0.856. The highest BCUT2D eigenvalue weighted by Gasteiger charge is 2.44. The van der Waals surface area contributed by atoms with Gasteiger partial charge in [0, 0.05) is 38.9 Å². The maximum absolute atomic E-state index is 13.1. The highest BCUT2D eigenvalue weighted by Crippen LogP contribution is 2.39. The minimum absolute atomic E-state index is 0.0681. The van der Waals surface area contributed by atoms with Gasteiger partial charge in [-0.1, -0.05) is 12.1 Å². The Morgan fingerprint density at radius 2 is 2.08 bits per heavy atom. The molecule has 1 aromatic carbocycles. The Labute approximate surface area is 147 Å². The number of hydrogen-bond acceptors (Lipinski definition) is 5. The molecule has 132 valence electrons. The first-order valence-electron chi connectivity index (χ1n) is 8.64. The third-order valence-corrected chi connectivity index (χ3v) is 5.14. The van der Waals surface area contributed by atoms with Crippen LogP contribution in [-0.2, 0) is 23.3 Å². The van der Waals surface area contributed by atoms with Gasteiger partial charge >= 0.3 is 0 Å². The van der Waals surface area contributed by atoms with E-state index in [9.17, 15) is 4.39 Å². The van der Waals surface area contributed by atoms with E-state index in [1.165, 1.54) is 12.1 Å². The molecular weight excluding hydrogens is 319 g/mol. The molecule has 1 spiro atoms. The molecule has 4 rings (SSSR count). The molecule has 0 radical (unpaired) electrons. The molecule has 0 bridgehead atoms. The molecule has 5 nitrogen and oxygen atoms in total. The summed E-state index contributed by atoms with van der Waals surface area (Å²) >= 11 is 0. The smallest absolute Gasteiger partial charge is 0.225 e. The van der Waals surface area contributed by atoms with Crippen LogP contribution in [0.25, 0.3) is 0 Å². The van der Waals surface area contributed by atoms with Gasteiger partial charge in [0.05, 0.1) is 24.3 Å². The molecule has 1 fully saturated rings. The lowest BCUT2D eigenvalue weighted by Gasteiger charge is -2.34. The van der Waals surface area contributed by atoms with Gasteiger partial charge in [-0.2, -0.15) is 0 Å². The van der Waals surface area contributed by atoms with Gasteiger partial charge in [0.25, 0.3) is 0 Å². The molecule has 2 aliphatic rings. The van der Waals surface area contributed by atoms with Crippen molar-refractivity contribution in [2.45, 2.75) is 25.0 Å². The van der Waals surface area contributed by atoms with Crippen molar-refractivity contribution in [2.24, 2.45) is 0 Å². The summed E-state index contributed by atoms with van der Waals surface area (Å²) in [6.07, 6.45) is 2.92. The number of nitrogens with zero attached hydrogens (tertiary/aromatic N) is 4. The minimum Gasteiger partial charge on any atom is -0.376 e. The van der Waals surface area contributed by atoms with E-state index in [0.717, 1.165) is 48.8 Å². The summed E-state index contributed by atoms with van der Waals surface area (Å²) in [4.78, 5) is 13.6. The van der Waals surface area contributed by atoms with Gasteiger partial charge in [-0.05, 0) is 30.7 Å². The molecule has 1 aromatic heterocycles. The second kappa shape index (κ2) is 6.35. The van der Waals surface area contributed by atoms with Gasteiger partial charge in [-0.3, -0.25) is 4.90 Å². The lowest BCUT2D eigenvalue weighted by atomic mass is 9.80. The van der Waals surface area contributed by atoms with Crippen LogP contribution in [0.1, 0.15) is 23.2 Å². The number of rotatable bonds is 3. The standard InChI is InChI=1S/C19H23FN4O/c1-23(2)18-21-9-15-11-25-13-19(17(15)22-18)7-8-24(12-19)10-14-3-5-16(20)6-4-14/h3-6,9H,7-8,10-13H2,1-2H3/t19-/m0/s1. The molecule has 0 unspecified atom stereocenters. The van der Waals surface area contributed by atoms with Gasteiger partial charge in [-0.15, -0.1) is 0 Å². The number of benzene rings is 1. The van der Waals surface area contributed by atoms with E-state index in [4.69, 9.17) is 9.72 Å². The Bertz CT molecular complexity index is 765. The first-order valence-corrected chi connectivity index (χ1v) is 8.64. The molecule has 25 heavy (non-hydrogen) atoms. The van der Waals surface area contributed by atoms with E-state index in [0.29, 0.717) is 13.2 Å². The zero-order chi connectivity index (χ0) is 17.4. The molecule has 2 aliphatic heterocycles. The monoisotopic (exact) mass is 342 g/mol. The van der Waals surface area contributed by atoms with E-state index >= 15 is 0 Å². The molecule has 0 amide bonds. The first kappa shape index (κ1) is 16.4. The predicted molar refractivity (Wildman–Crippen MR) is 94.0 cm³/mol. The van der Waals surface area contributed by atoms with Crippen molar-refractivity contribution in [2.75, 3.05) is 38.7 Å². The summed E-state index contributed by atoms with van der Waals surface area (Å²) in [6.45, 7) is 4.00. The van der Waals surface area contributed by atoms with E-state index in [-0.39, 0.29) is 11.2 Å². The van der Waals surface area contributed by atoms with Crippen molar-refractivity contribution in [3.8, 4) is 0 Å². The number of ether oxygens (including phenoxy) is 1. The van der Waals surface area contributed by atoms with Crippen molar-refractivity contribution in [3.63, 3.8) is 0 Å². The van der Waals surface area contributed by atoms with Crippen LogP contribution in [0.3, 0.4) is 0 Å². The summed E-state index contributed by atoms with van der Waals surface area (Å²) in [5.74, 6) is 0.557. The largest absolute Gasteiger partial charge is 0.376 e. The number of aromatic nitrogens is 2. The summed E-state index contributed by atoms with van der Waals surface area (Å²) < 4.78 is 19.0. The number of halogens is 1. The average molecular weight is 342 g/mol. The van der Waals surface area contributed by atoms with E-state index < -0.39 is 0 Å². The van der Waals surface area contributed by atoms with Crippen LogP contribution in [0.15, 0.2) is 30.5 Å². The maximum Gasteiger partial charge on any atom is 0.225 e. The lowest BCUT2D eigenvalue weighted by Crippen LogP contribution is -2.40. The summed E-state index contributed by atoms with van der Waals surface area (Å²) in [5.41, 5.74) is 3.30. The zero-order valence-corrected chi connectivity index (χ0v) is 14.7. The number of likely N-dealkylation sites (tertiary alicyclic amines) is 1. The summed E-state index contributed by atoms with van der Waals surface area (Å²) in [7, 11) is 3.92. The molecule has 0 N–H and O–H groups in total. The number of fused-ring (bicyclic) bond motifs is 2. The van der Waals surface area contributed by atoms with Gasteiger partial charge in [-0.25, -0.2) is 14.4 Å². The lowest BCUT2D eigenvalue weighted by molar-refractivity contribution is 0.0503. The Hall–Kier alpha value is -2.05. The van der Waals surface area contributed by atoms with Gasteiger partial charge in [0.15, 0.2) is 0 Å². The number of anilines is 1. The Balaban J connectivity index is 1.58. The SMILES string of the molecule is CN(C)c1ncc2c(n1)[C@]1(CCN(Cc3ccc(F)cc3)C1)COC2. The second-order valence-electron chi connectivity index (χ2n) is 7.30. The topological polar surface area (TPSA) is 41.5 Å². The highest BCUT2D eigenvalue weighted by molar-refractivity contribution is 5.37. The van der Waals surface area contributed by atoms with Crippen LogP contribution in [-0.4, -0.2) is 48.7 Å². The third kappa shape index (κ3) is 3.12. The normalized spacial score (nSPS) is 23.0. The Morgan fingerprint density at radius 3 is 2.84 bits per heavy atom. The van der Waals surface area contributed by atoms with Crippen molar-refractivity contribution in [1.82, 2.24) is 14.9 Å². The van der Waals surface area contributed by atoms with Crippen molar-refractivity contribution in [1.29, 1.82) is 0 Å². The number of hydrogen-bond donors (Lipinski definition) is 0. The molecule has 0 saturated carbocycles. The third-order valence-electron chi connectivity index (χ3n) is 5.14. The van der Waals surface area contributed by atoms with Crippen LogP contribution in [0.4, 0.5) is 10.3 Å². The average Bonchev–Trinajstić information content (AvgIpc) is 3.00. The summed E-state index contributed by atoms with van der Waals surface area (Å²) in [6, 6.07) is 6.77. The fourth-order valence-corrected chi connectivity index (χ4v) is 3.85. The van der Waals surface area contributed by atoms with Crippen LogP contribution in [0, 0.1) is 5.82 Å². The molecule has 1 saturated heterocycles. The van der Waals surface area contributed by atoms with Crippen molar-refractivity contribution < 1.29 is 9.13 Å². The maximum atomic E-state index is 13.1. The minimum atomic E-state index is -0.191. The fourth-order valence-electron chi connectivity index (χ4n) is 3.85. The van der Waals surface area contributed by atoms with Crippen LogP contribution in [0.5, 0.6) is 0 Å². The van der Waals surface area contributed by atoms with Crippen molar-refractivity contribution in [3.05, 3.63) is 53.1 Å². The van der Waals surface area contributed by atoms with Crippen LogP contribution >= 0.6 is 0 Å². The molecule has 3 heterocycles. The van der Waals surface area contributed by atoms with Gasteiger partial charge in [0.2, 0.25) is 5.95 Å². The molecule has 6 heteroatoms. The fraction of sp³-hybridized carbons (Fsp3) is 0.474. The molecule has 0 aliphatic carbocycles. The van der Waals surface area contributed by atoms with Crippen LogP contribution < -0.4 is 4.90 Å². The Kier molecular flexibility index (Phi) is 4.17. The van der Waals surface area contributed by atoms with Gasteiger partial charge < -0.3 is 9.64 Å². The molecule has 2 aromatic rings. The second-order valence-corrected chi connectivity index (χ2v) is 7.30. The van der Waals surface area contributed by atoms with E-state index in [1.807, 2.05) is 37.3 Å². The zero-order valence-electron chi connectivity index (χ0n) is 14.7. The Morgan fingerprint density at radius 1 is 1.28 bits per heavy atom. The molecule has 1 atom stereocenters. The summed E-state index contributed by atoms with van der Waals surface area (Å²) in [5, 5.41) is 0. The van der Waals surface area contributed by atoms with E-state index in [1.54, 1.807) is 0 Å². The first-order chi connectivity index (χ1) is 12.1. The van der Waals surface area contributed by atoms with Crippen LogP contribution in [0.2, 0.25) is 0 Å². The predicted octanol–water partition coefficient (Wildman–Crippen LogP) is 2.36. The van der Waals surface area contributed by atoms with Crippen molar-refractivity contribution >= 4 is 5.95 Å². The molecular formula is C19H23FN4O. The highest BCUT2D eigenvalue weighted by atomic mass is 19.1. The van der Waals surface area contributed by atoms with E-state index in [2.05, 4.69) is 9.88 Å².